The molecule has 7 heteroatoms. The highest BCUT2D eigenvalue weighted by Crippen LogP contribution is 2.39. The molecule has 158 valence electrons. The monoisotopic (exact) mass is 417 g/mol. The van der Waals surface area contributed by atoms with E-state index in [1.807, 2.05) is 48.5 Å². The van der Waals surface area contributed by atoms with Crippen LogP contribution >= 0.6 is 0 Å². The number of methoxy groups -OCH3 is 1. The van der Waals surface area contributed by atoms with Crippen LogP contribution in [-0.4, -0.2) is 22.8 Å². The fraction of sp³-hybridized carbons (Fsp3) is 0.167. The molecule has 2 heterocycles. The highest BCUT2D eigenvalue weighted by atomic mass is 16.7. The van der Waals surface area contributed by atoms with E-state index in [1.54, 1.807) is 21.0 Å². The molecule has 0 atom stereocenters. The molecule has 0 spiro atoms. The molecule has 0 bridgehead atoms. The van der Waals surface area contributed by atoms with Crippen LogP contribution in [0.5, 0.6) is 11.5 Å². The summed E-state index contributed by atoms with van der Waals surface area (Å²) in [4.78, 5) is 16.8. The number of anilines is 1. The molecular weight excluding hydrogens is 394 g/mol. The van der Waals surface area contributed by atoms with Crippen molar-refractivity contribution in [1.29, 1.82) is 0 Å². The molecule has 0 aliphatic carbocycles. The average molecular weight is 417 g/mol. The third-order valence-corrected chi connectivity index (χ3v) is 5.00. The number of fused-ring (bicyclic) bond motifs is 3. The van der Waals surface area contributed by atoms with Gasteiger partial charge in [0.2, 0.25) is 0 Å². The molecule has 0 unspecified atom stereocenters. The number of carbonyl (C=O) groups is 1. The van der Waals surface area contributed by atoms with Crippen molar-refractivity contribution in [3.63, 3.8) is 0 Å². The predicted octanol–water partition coefficient (Wildman–Crippen LogP) is 5.19. The second kappa shape index (κ2) is 8.02. The Morgan fingerprint density at radius 2 is 1.87 bits per heavy atom. The van der Waals surface area contributed by atoms with Crippen molar-refractivity contribution in [2.24, 2.45) is 0 Å². The van der Waals surface area contributed by atoms with E-state index < -0.39 is 6.16 Å². The second-order valence-corrected chi connectivity index (χ2v) is 7.25. The molecule has 0 saturated carbocycles. The van der Waals surface area contributed by atoms with Gasteiger partial charge in [-0.15, -0.1) is 0 Å². The van der Waals surface area contributed by atoms with Gasteiger partial charge < -0.3 is 24.5 Å². The van der Waals surface area contributed by atoms with E-state index in [-0.39, 0.29) is 11.5 Å². The van der Waals surface area contributed by atoms with Gasteiger partial charge in [-0.2, -0.15) is 0 Å². The summed E-state index contributed by atoms with van der Waals surface area (Å²) in [6.07, 6.45) is -0.898. The van der Waals surface area contributed by atoms with E-state index in [9.17, 15) is 4.79 Å². The normalized spacial score (nSPS) is 10.9. The van der Waals surface area contributed by atoms with Crippen LogP contribution in [0, 0.1) is 6.92 Å². The van der Waals surface area contributed by atoms with E-state index >= 15 is 0 Å². The van der Waals surface area contributed by atoms with Gasteiger partial charge in [-0.25, -0.2) is 9.78 Å². The van der Waals surface area contributed by atoms with Crippen molar-refractivity contribution < 1.29 is 19.0 Å². The maximum absolute atomic E-state index is 12.0. The number of para-hydroxylation sites is 1. The highest BCUT2D eigenvalue weighted by Gasteiger charge is 2.22. The minimum absolute atomic E-state index is 0.186. The van der Waals surface area contributed by atoms with Crippen molar-refractivity contribution in [2.75, 3.05) is 12.8 Å². The molecule has 7 nitrogen and oxygen atoms in total. The summed E-state index contributed by atoms with van der Waals surface area (Å²) < 4.78 is 17.6. The molecule has 2 aromatic heterocycles. The minimum atomic E-state index is -0.898. The lowest BCUT2D eigenvalue weighted by Crippen LogP contribution is -2.12. The molecule has 4 aromatic rings. The van der Waals surface area contributed by atoms with Crippen LogP contribution in [0.15, 0.2) is 60.9 Å². The lowest BCUT2D eigenvalue weighted by molar-refractivity contribution is 0.127. The third kappa shape index (κ3) is 3.77. The maximum atomic E-state index is 12.0. The van der Waals surface area contributed by atoms with Gasteiger partial charge in [-0.3, -0.25) is 0 Å². The summed E-state index contributed by atoms with van der Waals surface area (Å²) in [7, 11) is 1.64. The summed E-state index contributed by atoms with van der Waals surface area (Å²) in [5, 5.41) is 1.65. The first-order valence-electron chi connectivity index (χ1n) is 9.74. The summed E-state index contributed by atoms with van der Waals surface area (Å²) in [5.74, 6) is 1.21. The number of benzene rings is 2. The third-order valence-electron chi connectivity index (χ3n) is 5.00. The number of ether oxygens (including phenoxy) is 3. The first-order valence-corrected chi connectivity index (χ1v) is 9.74. The molecule has 0 aliphatic rings. The van der Waals surface area contributed by atoms with Gasteiger partial charge in [0.05, 0.1) is 29.4 Å². The molecule has 0 amide bonds. The van der Waals surface area contributed by atoms with Gasteiger partial charge in [-0.1, -0.05) is 36.9 Å². The Hall–Kier alpha value is -4.00. The van der Waals surface area contributed by atoms with Gasteiger partial charge in [0, 0.05) is 11.9 Å². The van der Waals surface area contributed by atoms with E-state index in [0.29, 0.717) is 23.6 Å². The molecule has 0 radical (unpaired) electrons. The maximum Gasteiger partial charge on any atom is 0.519 e. The van der Waals surface area contributed by atoms with Crippen molar-refractivity contribution in [3.05, 3.63) is 72.1 Å². The van der Waals surface area contributed by atoms with Crippen LogP contribution in [0.3, 0.4) is 0 Å². The van der Waals surface area contributed by atoms with Crippen molar-refractivity contribution in [1.82, 2.24) is 9.55 Å². The van der Waals surface area contributed by atoms with Gasteiger partial charge in [-0.05, 0) is 37.6 Å². The molecule has 2 aromatic carbocycles. The van der Waals surface area contributed by atoms with Crippen molar-refractivity contribution in [3.8, 4) is 11.5 Å². The van der Waals surface area contributed by atoms with Gasteiger partial charge in [0.1, 0.15) is 17.2 Å². The Morgan fingerprint density at radius 1 is 1.16 bits per heavy atom. The Labute approximate surface area is 179 Å². The second-order valence-electron chi connectivity index (χ2n) is 7.25. The number of hydrogen-bond acceptors (Lipinski definition) is 6. The Morgan fingerprint density at radius 3 is 2.55 bits per heavy atom. The average Bonchev–Trinajstić information content (AvgIpc) is 3.04. The molecule has 0 aliphatic heterocycles. The first-order chi connectivity index (χ1) is 14.9. The minimum Gasteiger partial charge on any atom is -0.497 e. The number of hydrogen-bond donors (Lipinski definition) is 1. The lowest BCUT2D eigenvalue weighted by atomic mass is 10.1. The Balaban J connectivity index is 1.86. The number of carbonyl (C=O) groups excluding carboxylic acids is 1. The van der Waals surface area contributed by atoms with Crippen LogP contribution in [0.4, 0.5) is 10.5 Å². The molecular formula is C24H23N3O4. The van der Waals surface area contributed by atoms with E-state index in [4.69, 9.17) is 24.9 Å². The first kappa shape index (κ1) is 20.3. The summed E-state index contributed by atoms with van der Waals surface area (Å²) in [6.45, 7) is 7.45. The highest BCUT2D eigenvalue weighted by molar-refractivity contribution is 6.13. The molecule has 4 rings (SSSR count). The van der Waals surface area contributed by atoms with Gasteiger partial charge in [0.25, 0.3) is 0 Å². The van der Waals surface area contributed by atoms with Crippen LogP contribution in [-0.2, 0) is 11.3 Å². The number of nitrogens with zero attached hydrogens (tertiary/aromatic N) is 2. The topological polar surface area (TPSA) is 88.6 Å². The summed E-state index contributed by atoms with van der Waals surface area (Å²) >= 11 is 0. The zero-order valence-electron chi connectivity index (χ0n) is 17.6. The molecule has 0 saturated heterocycles. The van der Waals surface area contributed by atoms with Crippen LogP contribution < -0.4 is 15.2 Å². The lowest BCUT2D eigenvalue weighted by Gasteiger charge is -2.12. The van der Waals surface area contributed by atoms with E-state index in [2.05, 4.69) is 11.1 Å². The van der Waals surface area contributed by atoms with Crippen LogP contribution in [0.1, 0.15) is 18.2 Å². The summed E-state index contributed by atoms with van der Waals surface area (Å²) in [5.41, 5.74) is 10.1. The number of rotatable bonds is 5. The Bertz CT molecular complexity index is 1310. The largest absolute Gasteiger partial charge is 0.519 e. The fourth-order valence-corrected chi connectivity index (χ4v) is 3.64. The number of nitrogen functional groups attached to an aromatic ring is 1. The quantitative estimate of drug-likeness (QED) is 0.355. The number of nitrogens with two attached hydrogens (primary N) is 1. The molecule has 31 heavy (non-hydrogen) atoms. The number of pyridine rings is 1. The number of allylic oxidation sites excluding steroid dienone is 1. The zero-order chi connectivity index (χ0) is 22.1. The predicted molar refractivity (Wildman–Crippen MR) is 120 cm³/mol. The van der Waals surface area contributed by atoms with Gasteiger partial charge >= 0.3 is 6.16 Å². The Kier molecular flexibility index (Phi) is 5.25. The SMILES string of the molecule is C=C(C)OC(=O)Oc1c(C)nc2c(c1N)c1ccccc1n2Cc1ccc(OC)cc1. The summed E-state index contributed by atoms with van der Waals surface area (Å²) in [6, 6.07) is 15.8. The van der Waals surface area contributed by atoms with Crippen molar-refractivity contribution >= 4 is 33.8 Å². The number of aryl methyl sites for hydroxylation is 1. The fourth-order valence-electron chi connectivity index (χ4n) is 3.64. The zero-order valence-corrected chi connectivity index (χ0v) is 17.6. The smallest absolute Gasteiger partial charge is 0.497 e. The van der Waals surface area contributed by atoms with Gasteiger partial charge in [0.15, 0.2) is 5.75 Å². The molecule has 0 fully saturated rings. The van der Waals surface area contributed by atoms with Crippen LogP contribution in [0.25, 0.3) is 21.9 Å². The van der Waals surface area contributed by atoms with Crippen LogP contribution in [0.2, 0.25) is 0 Å². The molecule has 2 N–H and O–H groups in total. The standard InChI is InChI=1S/C24H23N3O4/c1-14(2)30-24(28)31-22-15(3)26-23-20(21(22)25)18-7-5-6-8-19(18)27(23)13-16-9-11-17(29-4)12-10-16/h5-12H,1,13H2,2-4H3,(H2,25,26). The van der Waals surface area contributed by atoms with E-state index in [1.165, 1.54) is 0 Å². The van der Waals surface area contributed by atoms with E-state index in [0.717, 1.165) is 27.6 Å². The van der Waals surface area contributed by atoms with Crippen molar-refractivity contribution in [2.45, 2.75) is 20.4 Å². The number of aromatic nitrogens is 2.